The highest BCUT2D eigenvalue weighted by Gasteiger charge is 2.16. The van der Waals surface area contributed by atoms with E-state index < -0.39 is 0 Å². The first-order valence-electron chi connectivity index (χ1n) is 9.73. The number of nitrogens with two attached hydrogens (primary N) is 2. The Morgan fingerprint density at radius 1 is 0.800 bits per heavy atom. The molecule has 0 bridgehead atoms. The van der Waals surface area contributed by atoms with Crippen LogP contribution in [-0.2, 0) is 0 Å². The lowest BCUT2D eigenvalue weighted by Gasteiger charge is -2.11. The highest BCUT2D eigenvalue weighted by molar-refractivity contribution is 6.02. The molecule has 7 heteroatoms. The molecule has 0 fully saturated rings. The zero-order valence-electron chi connectivity index (χ0n) is 17.0. The number of aliphatic imine (C=N–C) groups is 2. The van der Waals surface area contributed by atoms with Gasteiger partial charge in [-0.2, -0.15) is 0 Å². The lowest BCUT2D eigenvalue weighted by molar-refractivity contribution is 0.262. The predicted molar refractivity (Wildman–Crippen MR) is 123 cm³/mol. The van der Waals surface area contributed by atoms with Gasteiger partial charge in [0.25, 0.3) is 0 Å². The van der Waals surface area contributed by atoms with E-state index in [2.05, 4.69) is 20.6 Å². The van der Waals surface area contributed by atoms with Crippen molar-refractivity contribution in [1.82, 2.24) is 0 Å². The van der Waals surface area contributed by atoms with E-state index >= 15 is 0 Å². The zero-order chi connectivity index (χ0) is 21.3. The fourth-order valence-corrected chi connectivity index (χ4v) is 3.75. The van der Waals surface area contributed by atoms with Gasteiger partial charge in [0.1, 0.15) is 11.7 Å². The van der Waals surface area contributed by atoms with Crippen LogP contribution >= 0.6 is 0 Å². The molecule has 2 aromatic rings. The molecule has 152 valence electrons. The third-order valence-electron chi connectivity index (χ3n) is 5.15. The summed E-state index contributed by atoms with van der Waals surface area (Å²) in [5.41, 5.74) is 19.0. The molecule has 7 nitrogen and oxygen atoms in total. The summed E-state index contributed by atoms with van der Waals surface area (Å²) in [6.45, 7) is 3.88. The molecule has 30 heavy (non-hydrogen) atoms. The first kappa shape index (κ1) is 19.4. The Kier molecular flexibility index (Phi) is 5.10. The summed E-state index contributed by atoms with van der Waals surface area (Å²) in [5.74, 6) is 1.22. The standard InChI is InChI=1S/C23H24N6O/c1-13-19(11-21(24)26-13)15-5-3-7-17(9-15)28-23(30)29-18-8-4-6-16(10-18)20-12-22(25)27-14(20)2/h3-10H,11-12H2,1-2H3,(H2,24,26)(H2,25,27)(H2,28,29,30). The number of hydrogen-bond acceptors (Lipinski definition) is 5. The molecule has 0 aromatic heterocycles. The third kappa shape index (κ3) is 4.10. The van der Waals surface area contributed by atoms with Crippen molar-refractivity contribution in [2.45, 2.75) is 26.7 Å². The molecule has 6 N–H and O–H groups in total. The molecule has 2 aliphatic heterocycles. The van der Waals surface area contributed by atoms with Crippen LogP contribution in [0.25, 0.3) is 11.1 Å². The number of amides is 2. The molecule has 0 spiro atoms. The second-order valence-corrected chi connectivity index (χ2v) is 7.43. The number of nitrogens with one attached hydrogen (secondary N) is 2. The van der Waals surface area contributed by atoms with Crippen molar-refractivity contribution in [3.05, 3.63) is 71.1 Å². The van der Waals surface area contributed by atoms with Gasteiger partial charge in [0, 0.05) is 35.6 Å². The van der Waals surface area contributed by atoms with Gasteiger partial charge in [-0.1, -0.05) is 24.3 Å². The smallest absolute Gasteiger partial charge is 0.323 e. The molecule has 2 aliphatic rings. The summed E-state index contributed by atoms with van der Waals surface area (Å²) in [5, 5.41) is 5.78. The van der Waals surface area contributed by atoms with E-state index in [1.807, 2.05) is 62.4 Å². The van der Waals surface area contributed by atoms with E-state index in [9.17, 15) is 4.79 Å². The van der Waals surface area contributed by atoms with Crippen molar-refractivity contribution in [1.29, 1.82) is 0 Å². The molecular weight excluding hydrogens is 376 g/mol. The van der Waals surface area contributed by atoms with Crippen LogP contribution in [0.2, 0.25) is 0 Å². The zero-order valence-corrected chi connectivity index (χ0v) is 17.0. The Morgan fingerprint density at radius 3 is 1.60 bits per heavy atom. The molecule has 2 amide bonds. The molecule has 0 saturated carbocycles. The summed E-state index contributed by atoms with van der Waals surface area (Å²) < 4.78 is 0. The van der Waals surface area contributed by atoms with E-state index in [-0.39, 0.29) is 6.03 Å². The highest BCUT2D eigenvalue weighted by atomic mass is 16.2. The Hall–Kier alpha value is -3.87. The monoisotopic (exact) mass is 400 g/mol. The maximum atomic E-state index is 12.5. The first-order chi connectivity index (χ1) is 14.4. The lowest BCUT2D eigenvalue weighted by Crippen LogP contribution is -2.19. The number of amidine groups is 2. The second-order valence-electron chi connectivity index (χ2n) is 7.43. The van der Waals surface area contributed by atoms with Gasteiger partial charge in [0.05, 0.1) is 0 Å². The molecule has 0 radical (unpaired) electrons. The number of carbonyl (C=O) groups is 1. The van der Waals surface area contributed by atoms with Crippen LogP contribution in [0.5, 0.6) is 0 Å². The van der Waals surface area contributed by atoms with Crippen molar-refractivity contribution >= 4 is 40.2 Å². The van der Waals surface area contributed by atoms with E-state index in [0.717, 1.165) is 33.7 Å². The normalized spacial score (nSPS) is 15.9. The maximum absolute atomic E-state index is 12.5. The van der Waals surface area contributed by atoms with Gasteiger partial charge in [0.2, 0.25) is 0 Å². The Balaban J connectivity index is 1.45. The van der Waals surface area contributed by atoms with E-state index in [1.54, 1.807) is 0 Å². The number of rotatable bonds is 4. The Bertz CT molecular complexity index is 1070. The SMILES string of the molecule is CC1=C(c2cccc(NC(=O)Nc3cccc(C4=C(C)N=C(N)C4)c3)c2)CC(N)=N1. The molecule has 2 heterocycles. The van der Waals surface area contributed by atoms with E-state index in [1.165, 1.54) is 0 Å². The summed E-state index contributed by atoms with van der Waals surface area (Å²) >= 11 is 0. The van der Waals surface area contributed by atoms with Crippen molar-refractivity contribution < 1.29 is 4.79 Å². The fraction of sp³-hybridized carbons (Fsp3) is 0.174. The Morgan fingerprint density at radius 2 is 1.23 bits per heavy atom. The number of allylic oxidation sites excluding steroid dienone is 2. The first-order valence-corrected chi connectivity index (χ1v) is 9.73. The molecule has 2 aromatic carbocycles. The lowest BCUT2D eigenvalue weighted by atomic mass is 10.0. The summed E-state index contributed by atoms with van der Waals surface area (Å²) in [7, 11) is 0. The van der Waals surface area contributed by atoms with Gasteiger partial charge in [-0.05, 0) is 60.4 Å². The van der Waals surface area contributed by atoms with E-state index in [4.69, 9.17) is 11.5 Å². The van der Waals surface area contributed by atoms with Crippen LogP contribution in [0, 0.1) is 0 Å². The predicted octanol–water partition coefficient (Wildman–Crippen LogP) is 4.31. The van der Waals surface area contributed by atoms with Crippen LogP contribution in [0.1, 0.15) is 37.8 Å². The Labute approximate surface area is 175 Å². The number of anilines is 2. The highest BCUT2D eigenvalue weighted by Crippen LogP contribution is 2.30. The van der Waals surface area contributed by atoms with Gasteiger partial charge in [-0.25, -0.2) is 14.8 Å². The largest absolute Gasteiger partial charge is 0.387 e. The molecule has 0 aliphatic carbocycles. The summed E-state index contributed by atoms with van der Waals surface area (Å²) in [6, 6.07) is 15.0. The molecule has 0 unspecified atom stereocenters. The number of nitrogens with zero attached hydrogens (tertiary/aromatic N) is 2. The van der Waals surface area contributed by atoms with Crippen LogP contribution < -0.4 is 22.1 Å². The van der Waals surface area contributed by atoms with Gasteiger partial charge in [0.15, 0.2) is 0 Å². The van der Waals surface area contributed by atoms with Crippen LogP contribution in [0.3, 0.4) is 0 Å². The van der Waals surface area contributed by atoms with Crippen molar-refractivity contribution in [3.8, 4) is 0 Å². The van der Waals surface area contributed by atoms with Crippen LogP contribution in [0.15, 0.2) is 69.9 Å². The van der Waals surface area contributed by atoms with Crippen LogP contribution in [0.4, 0.5) is 16.2 Å². The summed E-state index contributed by atoms with van der Waals surface area (Å²) in [6.07, 6.45) is 1.25. The van der Waals surface area contributed by atoms with E-state index in [0.29, 0.717) is 35.9 Å². The van der Waals surface area contributed by atoms with Crippen molar-refractivity contribution in [2.24, 2.45) is 21.5 Å². The average molecular weight is 400 g/mol. The number of hydrogen-bond donors (Lipinski definition) is 4. The average Bonchev–Trinajstić information content (AvgIpc) is 3.22. The van der Waals surface area contributed by atoms with Crippen LogP contribution in [-0.4, -0.2) is 17.7 Å². The summed E-state index contributed by atoms with van der Waals surface area (Å²) in [4.78, 5) is 21.1. The number of carbonyl (C=O) groups excluding carboxylic acids is 1. The molecule has 0 saturated heterocycles. The minimum absolute atomic E-state index is 0.315. The van der Waals surface area contributed by atoms with Gasteiger partial charge in [-0.15, -0.1) is 0 Å². The molecular formula is C23H24N6O. The minimum Gasteiger partial charge on any atom is -0.387 e. The van der Waals surface area contributed by atoms with Gasteiger partial charge < -0.3 is 22.1 Å². The molecule has 4 rings (SSSR count). The van der Waals surface area contributed by atoms with Gasteiger partial charge >= 0.3 is 6.03 Å². The second kappa shape index (κ2) is 7.87. The van der Waals surface area contributed by atoms with Gasteiger partial charge in [-0.3, -0.25) is 0 Å². The number of urea groups is 1. The van der Waals surface area contributed by atoms with Crippen molar-refractivity contribution in [3.63, 3.8) is 0 Å². The quantitative estimate of drug-likeness (QED) is 0.612. The van der Waals surface area contributed by atoms with Crippen molar-refractivity contribution in [2.75, 3.05) is 10.6 Å². The fourth-order valence-electron chi connectivity index (χ4n) is 3.75. The molecule has 0 atom stereocenters. The maximum Gasteiger partial charge on any atom is 0.323 e. The third-order valence-corrected chi connectivity index (χ3v) is 5.15. The number of benzene rings is 2. The minimum atomic E-state index is -0.315. The topological polar surface area (TPSA) is 118 Å².